The normalized spacial score (nSPS) is 12.0. The highest BCUT2D eigenvalue weighted by Crippen LogP contribution is 2.20. The van der Waals surface area contributed by atoms with Crippen LogP contribution in [0, 0.1) is 5.82 Å². The van der Waals surface area contributed by atoms with Crippen LogP contribution in [0.1, 0.15) is 28.9 Å². The predicted octanol–water partition coefficient (Wildman–Crippen LogP) is 4.62. The van der Waals surface area contributed by atoms with E-state index >= 15 is 0 Å². The van der Waals surface area contributed by atoms with E-state index in [4.69, 9.17) is 23.2 Å². The fraction of sp³-hybridized carbons (Fsp3) is 0.133. The van der Waals surface area contributed by atoms with Crippen LogP contribution in [0.25, 0.3) is 0 Å². The van der Waals surface area contributed by atoms with Crippen molar-refractivity contribution in [2.45, 2.75) is 13.0 Å². The summed E-state index contributed by atoms with van der Waals surface area (Å²) in [5, 5.41) is 3.61. The van der Waals surface area contributed by atoms with Crippen molar-refractivity contribution in [2.24, 2.45) is 0 Å². The lowest BCUT2D eigenvalue weighted by Gasteiger charge is -2.14. The van der Waals surface area contributed by atoms with Crippen molar-refractivity contribution < 1.29 is 9.18 Å². The minimum absolute atomic E-state index is 0.249. The first-order chi connectivity index (χ1) is 9.45. The molecule has 0 bridgehead atoms. The molecular weight excluding hydrogens is 300 g/mol. The third-order valence-electron chi connectivity index (χ3n) is 2.84. The summed E-state index contributed by atoms with van der Waals surface area (Å²) in [5.74, 6) is -0.597. The van der Waals surface area contributed by atoms with Gasteiger partial charge in [-0.15, -0.1) is 0 Å². The van der Waals surface area contributed by atoms with E-state index in [1.165, 1.54) is 12.1 Å². The Morgan fingerprint density at radius 2 is 1.65 bits per heavy atom. The van der Waals surface area contributed by atoms with Crippen LogP contribution >= 0.6 is 23.2 Å². The monoisotopic (exact) mass is 311 g/mol. The summed E-state index contributed by atoms with van der Waals surface area (Å²) in [6, 6.07) is 10.4. The Morgan fingerprint density at radius 3 is 2.20 bits per heavy atom. The van der Waals surface area contributed by atoms with Crippen LogP contribution in [0.5, 0.6) is 0 Å². The molecule has 0 fully saturated rings. The Balaban J connectivity index is 2.12. The lowest BCUT2D eigenvalue weighted by molar-refractivity contribution is 0.0940. The van der Waals surface area contributed by atoms with Crippen LogP contribution in [0.15, 0.2) is 42.5 Å². The largest absolute Gasteiger partial charge is 0.346 e. The Hall–Kier alpha value is -1.58. The summed E-state index contributed by atoms with van der Waals surface area (Å²) in [7, 11) is 0. The molecule has 0 aliphatic rings. The molecule has 5 heteroatoms. The van der Waals surface area contributed by atoms with E-state index in [9.17, 15) is 9.18 Å². The van der Waals surface area contributed by atoms with E-state index in [1.54, 1.807) is 30.3 Å². The number of nitrogens with one attached hydrogen (secondary N) is 1. The van der Waals surface area contributed by atoms with Crippen molar-refractivity contribution in [1.29, 1.82) is 0 Å². The van der Waals surface area contributed by atoms with Crippen LogP contribution in [0.4, 0.5) is 4.39 Å². The maximum Gasteiger partial charge on any atom is 0.251 e. The van der Waals surface area contributed by atoms with Crippen LogP contribution in [0.3, 0.4) is 0 Å². The van der Waals surface area contributed by atoms with Crippen LogP contribution in [0.2, 0.25) is 10.0 Å². The van der Waals surface area contributed by atoms with Crippen molar-refractivity contribution in [3.05, 3.63) is 69.5 Å². The second kappa shape index (κ2) is 6.25. The molecular formula is C15H12Cl2FNO. The van der Waals surface area contributed by atoms with Crippen molar-refractivity contribution in [3.63, 3.8) is 0 Å². The molecule has 0 aliphatic carbocycles. The van der Waals surface area contributed by atoms with Gasteiger partial charge in [0.15, 0.2) is 0 Å². The van der Waals surface area contributed by atoms with Gasteiger partial charge >= 0.3 is 0 Å². The minimum atomic E-state index is -0.311. The molecule has 20 heavy (non-hydrogen) atoms. The van der Waals surface area contributed by atoms with Gasteiger partial charge in [0.25, 0.3) is 5.91 Å². The van der Waals surface area contributed by atoms with Gasteiger partial charge < -0.3 is 5.32 Å². The Kier molecular flexibility index (Phi) is 4.63. The number of carbonyl (C=O) groups is 1. The zero-order chi connectivity index (χ0) is 14.7. The summed E-state index contributed by atoms with van der Waals surface area (Å²) < 4.78 is 12.8. The summed E-state index contributed by atoms with van der Waals surface area (Å²) in [5.41, 5.74) is 1.20. The van der Waals surface area contributed by atoms with Gasteiger partial charge in [0.1, 0.15) is 5.82 Å². The van der Waals surface area contributed by atoms with E-state index in [0.29, 0.717) is 15.6 Å². The third kappa shape index (κ3) is 3.71. The fourth-order valence-corrected chi connectivity index (χ4v) is 2.33. The average molecular weight is 312 g/mol. The molecule has 0 aliphatic heterocycles. The van der Waals surface area contributed by atoms with Crippen LogP contribution < -0.4 is 5.32 Å². The van der Waals surface area contributed by atoms with Crippen molar-refractivity contribution >= 4 is 29.1 Å². The molecule has 0 aromatic heterocycles. The molecule has 1 amide bonds. The number of amides is 1. The lowest BCUT2D eigenvalue weighted by atomic mass is 10.1. The van der Waals surface area contributed by atoms with E-state index < -0.39 is 0 Å². The molecule has 104 valence electrons. The van der Waals surface area contributed by atoms with Crippen molar-refractivity contribution in [3.8, 4) is 0 Å². The molecule has 0 saturated heterocycles. The summed E-state index contributed by atoms with van der Waals surface area (Å²) in [6.45, 7) is 1.82. The second-order valence-electron chi connectivity index (χ2n) is 4.40. The van der Waals surface area contributed by atoms with Crippen molar-refractivity contribution in [1.82, 2.24) is 5.32 Å². The smallest absolute Gasteiger partial charge is 0.251 e. The zero-order valence-corrected chi connectivity index (χ0v) is 12.2. The van der Waals surface area contributed by atoms with E-state index in [-0.39, 0.29) is 17.8 Å². The van der Waals surface area contributed by atoms with Gasteiger partial charge in [0.05, 0.1) is 6.04 Å². The summed E-state index contributed by atoms with van der Waals surface area (Å²) in [4.78, 5) is 12.1. The zero-order valence-electron chi connectivity index (χ0n) is 10.7. The first kappa shape index (κ1) is 14.8. The fourth-order valence-electron chi connectivity index (χ4n) is 1.80. The van der Waals surface area contributed by atoms with Gasteiger partial charge in [-0.2, -0.15) is 0 Å². The average Bonchev–Trinajstić information content (AvgIpc) is 2.38. The van der Waals surface area contributed by atoms with Gasteiger partial charge in [-0.05, 0) is 42.8 Å². The molecule has 1 atom stereocenters. The highest BCUT2D eigenvalue weighted by atomic mass is 35.5. The number of rotatable bonds is 3. The quantitative estimate of drug-likeness (QED) is 0.880. The molecule has 2 aromatic rings. The van der Waals surface area contributed by atoms with Gasteiger partial charge in [0, 0.05) is 15.6 Å². The van der Waals surface area contributed by atoms with E-state index in [2.05, 4.69) is 5.32 Å². The Bertz CT molecular complexity index is 608. The first-order valence-electron chi connectivity index (χ1n) is 5.98. The minimum Gasteiger partial charge on any atom is -0.346 e. The highest BCUT2D eigenvalue weighted by Gasteiger charge is 2.12. The van der Waals surface area contributed by atoms with E-state index in [0.717, 1.165) is 5.56 Å². The highest BCUT2D eigenvalue weighted by molar-refractivity contribution is 6.35. The summed E-state index contributed by atoms with van der Waals surface area (Å²) >= 11 is 11.7. The standard InChI is InChI=1S/C15H12Cl2FNO/c1-9(10-2-4-14(18)5-3-10)19-15(20)11-6-12(16)8-13(17)7-11/h2-9H,1H3,(H,19,20). The number of hydrogen-bond donors (Lipinski definition) is 1. The van der Waals surface area contributed by atoms with E-state index in [1.807, 2.05) is 6.92 Å². The second-order valence-corrected chi connectivity index (χ2v) is 5.28. The number of hydrogen-bond acceptors (Lipinski definition) is 1. The Morgan fingerprint density at radius 1 is 1.10 bits per heavy atom. The molecule has 1 N–H and O–H groups in total. The lowest BCUT2D eigenvalue weighted by Crippen LogP contribution is -2.26. The number of carbonyl (C=O) groups excluding carboxylic acids is 1. The molecule has 0 spiro atoms. The molecule has 1 unspecified atom stereocenters. The van der Waals surface area contributed by atoms with Crippen molar-refractivity contribution in [2.75, 3.05) is 0 Å². The molecule has 2 nitrogen and oxygen atoms in total. The van der Waals surface area contributed by atoms with Crippen LogP contribution in [-0.2, 0) is 0 Å². The SMILES string of the molecule is CC(NC(=O)c1cc(Cl)cc(Cl)c1)c1ccc(F)cc1. The van der Waals surface area contributed by atoms with Gasteiger partial charge in [0.2, 0.25) is 0 Å². The maximum absolute atomic E-state index is 12.8. The third-order valence-corrected chi connectivity index (χ3v) is 3.28. The van der Waals surface area contributed by atoms with Gasteiger partial charge in [-0.3, -0.25) is 4.79 Å². The maximum atomic E-state index is 12.8. The number of benzene rings is 2. The molecule has 2 rings (SSSR count). The molecule has 2 aromatic carbocycles. The topological polar surface area (TPSA) is 29.1 Å². The number of halogens is 3. The molecule has 0 saturated carbocycles. The van der Waals surface area contributed by atoms with Crippen LogP contribution in [-0.4, -0.2) is 5.91 Å². The summed E-state index contributed by atoms with van der Waals surface area (Å²) in [6.07, 6.45) is 0. The molecule has 0 heterocycles. The predicted molar refractivity (Wildman–Crippen MR) is 78.7 cm³/mol. The van der Waals surface area contributed by atoms with Gasteiger partial charge in [-0.1, -0.05) is 35.3 Å². The first-order valence-corrected chi connectivity index (χ1v) is 6.74. The molecule has 0 radical (unpaired) electrons. The Labute approximate surface area is 126 Å². The van der Waals surface area contributed by atoms with Gasteiger partial charge in [-0.25, -0.2) is 4.39 Å².